The van der Waals surface area contributed by atoms with Gasteiger partial charge in [0, 0.05) is 26.2 Å². The first kappa shape index (κ1) is 15.7. The Morgan fingerprint density at radius 1 is 1.37 bits per heavy atom. The van der Waals surface area contributed by atoms with Crippen LogP contribution in [0, 0.1) is 0 Å². The smallest absolute Gasteiger partial charge is 0.238 e. The normalized spacial score (nSPS) is 11.8. The van der Waals surface area contributed by atoms with Gasteiger partial charge in [0.2, 0.25) is 11.8 Å². The molecule has 1 unspecified atom stereocenters. The first-order chi connectivity index (χ1) is 8.95. The molecule has 0 aliphatic heterocycles. The van der Waals surface area contributed by atoms with Gasteiger partial charge in [-0.25, -0.2) is 0 Å². The highest BCUT2D eigenvalue weighted by molar-refractivity contribution is 9.10. The number of benzene rings is 1. The molecule has 0 saturated carbocycles. The molecule has 0 heterocycles. The van der Waals surface area contributed by atoms with Crippen LogP contribution >= 0.6 is 15.9 Å². The van der Waals surface area contributed by atoms with E-state index in [1.807, 2.05) is 31.2 Å². The number of alkyl halides is 1. The van der Waals surface area contributed by atoms with Gasteiger partial charge in [0.25, 0.3) is 0 Å². The average molecular weight is 327 g/mol. The molecule has 0 aliphatic rings. The summed E-state index contributed by atoms with van der Waals surface area (Å²) < 4.78 is 0. The summed E-state index contributed by atoms with van der Waals surface area (Å²) in [5.74, 6) is -0.0755. The molecular weight excluding hydrogens is 308 g/mol. The summed E-state index contributed by atoms with van der Waals surface area (Å²) in [7, 11) is 1.74. The van der Waals surface area contributed by atoms with E-state index in [1.54, 1.807) is 11.9 Å². The molecule has 0 aliphatic carbocycles. The van der Waals surface area contributed by atoms with Crippen LogP contribution in [0.2, 0.25) is 0 Å². The standard InChI is InChI=1S/C14H19BrN2O2/c1-4-12(15)14(19)16-13-8-6-5-7-11(13)9-17(3)10(2)18/h5-8,12H,4,9H2,1-3H3,(H,16,19). The quantitative estimate of drug-likeness (QED) is 0.846. The van der Waals surface area contributed by atoms with Gasteiger partial charge in [-0.2, -0.15) is 0 Å². The summed E-state index contributed by atoms with van der Waals surface area (Å²) in [6.07, 6.45) is 0.724. The predicted molar refractivity (Wildman–Crippen MR) is 80.2 cm³/mol. The van der Waals surface area contributed by atoms with E-state index in [1.165, 1.54) is 6.92 Å². The molecule has 1 aromatic carbocycles. The fraction of sp³-hybridized carbons (Fsp3) is 0.429. The molecule has 1 atom stereocenters. The highest BCUT2D eigenvalue weighted by atomic mass is 79.9. The Kier molecular flexibility index (Phi) is 6.02. The van der Waals surface area contributed by atoms with Crippen molar-refractivity contribution in [1.82, 2.24) is 4.90 Å². The van der Waals surface area contributed by atoms with Gasteiger partial charge in [-0.15, -0.1) is 0 Å². The maximum absolute atomic E-state index is 11.9. The van der Waals surface area contributed by atoms with Gasteiger partial charge in [0.1, 0.15) is 0 Å². The molecular formula is C14H19BrN2O2. The average Bonchev–Trinajstić information content (AvgIpc) is 2.39. The zero-order chi connectivity index (χ0) is 14.4. The molecule has 2 amide bonds. The lowest BCUT2D eigenvalue weighted by Gasteiger charge is -2.18. The number of carbonyl (C=O) groups is 2. The molecule has 0 aromatic heterocycles. The monoisotopic (exact) mass is 326 g/mol. The Bertz CT molecular complexity index is 463. The van der Waals surface area contributed by atoms with Crippen LogP contribution in [0.1, 0.15) is 25.8 Å². The van der Waals surface area contributed by atoms with Crippen molar-refractivity contribution < 1.29 is 9.59 Å². The summed E-state index contributed by atoms with van der Waals surface area (Å²) in [6.45, 7) is 3.94. The number of anilines is 1. The van der Waals surface area contributed by atoms with Gasteiger partial charge < -0.3 is 10.2 Å². The van der Waals surface area contributed by atoms with Crippen molar-refractivity contribution in [3.8, 4) is 0 Å². The van der Waals surface area contributed by atoms with Crippen molar-refractivity contribution in [1.29, 1.82) is 0 Å². The molecule has 0 saturated heterocycles. The Labute approximate surface area is 122 Å². The van der Waals surface area contributed by atoms with Crippen LogP contribution in [0.3, 0.4) is 0 Å². The highest BCUT2D eigenvalue weighted by Crippen LogP contribution is 2.18. The van der Waals surface area contributed by atoms with Crippen molar-refractivity contribution in [3.63, 3.8) is 0 Å². The molecule has 4 nitrogen and oxygen atoms in total. The Morgan fingerprint density at radius 3 is 2.58 bits per heavy atom. The van der Waals surface area contributed by atoms with E-state index in [9.17, 15) is 9.59 Å². The Balaban J connectivity index is 2.84. The summed E-state index contributed by atoms with van der Waals surface area (Å²) in [4.78, 5) is 24.5. The Hall–Kier alpha value is -1.36. The molecule has 5 heteroatoms. The van der Waals surface area contributed by atoms with Crippen LogP contribution in [0.25, 0.3) is 0 Å². The largest absolute Gasteiger partial charge is 0.342 e. The van der Waals surface area contributed by atoms with E-state index < -0.39 is 0 Å². The lowest BCUT2D eigenvalue weighted by atomic mass is 10.1. The molecule has 0 bridgehead atoms. The fourth-order valence-corrected chi connectivity index (χ4v) is 1.66. The van der Waals surface area contributed by atoms with Gasteiger partial charge in [0.05, 0.1) is 4.83 Å². The van der Waals surface area contributed by atoms with Crippen LogP contribution in [0.15, 0.2) is 24.3 Å². The van der Waals surface area contributed by atoms with E-state index in [4.69, 9.17) is 0 Å². The number of hydrogen-bond donors (Lipinski definition) is 1. The maximum atomic E-state index is 11.9. The molecule has 0 radical (unpaired) electrons. The number of nitrogens with one attached hydrogen (secondary N) is 1. The number of hydrogen-bond acceptors (Lipinski definition) is 2. The van der Waals surface area contributed by atoms with E-state index in [2.05, 4.69) is 21.2 Å². The second-order valence-corrected chi connectivity index (χ2v) is 5.50. The topological polar surface area (TPSA) is 49.4 Å². The van der Waals surface area contributed by atoms with Crippen LogP contribution in [-0.2, 0) is 16.1 Å². The third-order valence-electron chi connectivity index (χ3n) is 2.86. The third-order valence-corrected chi connectivity index (χ3v) is 3.93. The van der Waals surface area contributed by atoms with Crippen molar-refractivity contribution in [3.05, 3.63) is 29.8 Å². The summed E-state index contributed by atoms with van der Waals surface area (Å²) in [6, 6.07) is 7.51. The summed E-state index contributed by atoms with van der Waals surface area (Å²) in [5.41, 5.74) is 1.67. The van der Waals surface area contributed by atoms with E-state index in [-0.39, 0.29) is 16.6 Å². The lowest BCUT2D eigenvalue weighted by Crippen LogP contribution is -2.26. The number of rotatable bonds is 5. The highest BCUT2D eigenvalue weighted by Gasteiger charge is 2.14. The minimum atomic E-state index is -0.203. The molecule has 1 rings (SSSR count). The minimum Gasteiger partial charge on any atom is -0.342 e. The van der Waals surface area contributed by atoms with Crippen LogP contribution < -0.4 is 5.32 Å². The number of halogens is 1. The van der Waals surface area contributed by atoms with Crippen molar-refractivity contribution in [2.24, 2.45) is 0 Å². The first-order valence-corrected chi connectivity index (χ1v) is 7.11. The van der Waals surface area contributed by atoms with E-state index in [0.717, 1.165) is 17.7 Å². The SMILES string of the molecule is CCC(Br)C(=O)Nc1ccccc1CN(C)C(C)=O. The van der Waals surface area contributed by atoms with Crippen molar-refractivity contribution in [2.45, 2.75) is 31.6 Å². The zero-order valence-electron chi connectivity index (χ0n) is 11.4. The number of amides is 2. The number of carbonyl (C=O) groups excluding carboxylic acids is 2. The minimum absolute atomic E-state index is 0.00643. The van der Waals surface area contributed by atoms with Crippen LogP contribution in [0.5, 0.6) is 0 Å². The fourth-order valence-electron chi connectivity index (χ4n) is 1.54. The van der Waals surface area contributed by atoms with E-state index >= 15 is 0 Å². The molecule has 19 heavy (non-hydrogen) atoms. The summed E-state index contributed by atoms with van der Waals surface area (Å²) in [5, 5.41) is 2.88. The second kappa shape index (κ2) is 7.28. The maximum Gasteiger partial charge on any atom is 0.238 e. The van der Waals surface area contributed by atoms with Gasteiger partial charge in [-0.05, 0) is 18.1 Å². The van der Waals surface area contributed by atoms with Crippen molar-refractivity contribution >= 4 is 33.4 Å². The van der Waals surface area contributed by atoms with E-state index in [0.29, 0.717) is 6.54 Å². The molecule has 1 N–H and O–H groups in total. The van der Waals surface area contributed by atoms with Crippen LogP contribution in [0.4, 0.5) is 5.69 Å². The molecule has 0 spiro atoms. The predicted octanol–water partition coefficient (Wildman–Crippen LogP) is 2.78. The van der Waals surface area contributed by atoms with Crippen LogP contribution in [-0.4, -0.2) is 28.6 Å². The Morgan fingerprint density at radius 2 is 2.00 bits per heavy atom. The van der Waals surface area contributed by atoms with Gasteiger partial charge in [0.15, 0.2) is 0 Å². The molecule has 0 fully saturated rings. The lowest BCUT2D eigenvalue weighted by molar-refractivity contribution is -0.128. The first-order valence-electron chi connectivity index (χ1n) is 6.20. The molecule has 1 aromatic rings. The summed E-state index contributed by atoms with van der Waals surface area (Å²) >= 11 is 3.32. The van der Waals surface area contributed by atoms with Gasteiger partial charge in [-0.3, -0.25) is 9.59 Å². The van der Waals surface area contributed by atoms with Gasteiger partial charge in [-0.1, -0.05) is 41.1 Å². The van der Waals surface area contributed by atoms with Gasteiger partial charge >= 0.3 is 0 Å². The van der Waals surface area contributed by atoms with Crippen molar-refractivity contribution in [2.75, 3.05) is 12.4 Å². The molecule has 104 valence electrons. The number of para-hydroxylation sites is 1. The zero-order valence-corrected chi connectivity index (χ0v) is 13.0. The second-order valence-electron chi connectivity index (χ2n) is 4.40. The number of nitrogens with zero attached hydrogens (tertiary/aromatic N) is 1. The third kappa shape index (κ3) is 4.67.